The second-order valence-corrected chi connectivity index (χ2v) is 5.20. The molecule has 0 amide bonds. The van der Waals surface area contributed by atoms with Crippen LogP contribution in [0.15, 0.2) is 22.7 Å². The van der Waals surface area contributed by atoms with E-state index in [1.807, 2.05) is 0 Å². The fourth-order valence-corrected chi connectivity index (χ4v) is 2.64. The molecule has 1 aromatic rings. The summed E-state index contributed by atoms with van der Waals surface area (Å²) in [6.45, 7) is 1.29. The molecule has 0 aromatic heterocycles. The summed E-state index contributed by atoms with van der Waals surface area (Å²) < 4.78 is 6.99. The number of rotatable bonds is 4. The lowest BCUT2D eigenvalue weighted by Gasteiger charge is -2.12. The van der Waals surface area contributed by atoms with Crippen LogP contribution < -0.4 is 5.73 Å². The molecule has 2 nitrogen and oxygen atoms in total. The molecule has 0 unspecified atom stereocenters. The second-order valence-electron chi connectivity index (χ2n) is 4.35. The van der Waals surface area contributed by atoms with E-state index in [0.717, 1.165) is 10.0 Å². The predicted octanol–water partition coefficient (Wildman–Crippen LogP) is 3.37. The fraction of sp³-hybridized carbons (Fsp3) is 0.538. The van der Waals surface area contributed by atoms with Gasteiger partial charge in [0.1, 0.15) is 0 Å². The highest BCUT2D eigenvalue weighted by Crippen LogP contribution is 2.24. The molecule has 1 aliphatic carbocycles. The maximum absolute atomic E-state index is 5.88. The van der Waals surface area contributed by atoms with E-state index in [1.165, 1.54) is 31.2 Å². The molecule has 16 heavy (non-hydrogen) atoms. The smallest absolute Gasteiger partial charge is 0.0731 e. The molecule has 0 aliphatic heterocycles. The summed E-state index contributed by atoms with van der Waals surface area (Å²) in [7, 11) is 0. The van der Waals surface area contributed by atoms with Crippen molar-refractivity contribution >= 4 is 15.9 Å². The van der Waals surface area contributed by atoms with Gasteiger partial charge in [-0.15, -0.1) is 0 Å². The highest BCUT2D eigenvalue weighted by molar-refractivity contribution is 9.10. The topological polar surface area (TPSA) is 35.2 Å². The number of nitrogens with two attached hydrogens (primary N) is 1. The molecule has 1 aromatic carbocycles. The van der Waals surface area contributed by atoms with Gasteiger partial charge in [-0.2, -0.15) is 0 Å². The van der Waals surface area contributed by atoms with Crippen LogP contribution in [0.3, 0.4) is 0 Å². The minimum absolute atomic E-state index is 0.473. The Morgan fingerprint density at radius 1 is 1.31 bits per heavy atom. The highest BCUT2D eigenvalue weighted by Gasteiger charge is 2.15. The van der Waals surface area contributed by atoms with Crippen molar-refractivity contribution in [3.8, 4) is 0 Å². The summed E-state index contributed by atoms with van der Waals surface area (Å²) >= 11 is 3.56. The Labute approximate surface area is 105 Å². The molecule has 1 fully saturated rings. The Bertz CT molecular complexity index is 348. The number of hydrogen-bond acceptors (Lipinski definition) is 2. The Kier molecular flexibility index (Phi) is 4.38. The SMILES string of the molecule is NCc1ccc(COC2CCCC2)c(Br)c1. The molecule has 0 bridgehead atoms. The molecule has 1 saturated carbocycles. The molecule has 0 spiro atoms. The van der Waals surface area contributed by atoms with Crippen LogP contribution in [0.1, 0.15) is 36.8 Å². The van der Waals surface area contributed by atoms with Crippen molar-refractivity contribution in [2.24, 2.45) is 5.73 Å². The van der Waals surface area contributed by atoms with E-state index in [4.69, 9.17) is 10.5 Å². The third-order valence-corrected chi connectivity index (χ3v) is 3.87. The number of hydrogen-bond donors (Lipinski definition) is 1. The Morgan fingerprint density at radius 3 is 2.69 bits per heavy atom. The minimum Gasteiger partial charge on any atom is -0.374 e. The predicted molar refractivity (Wildman–Crippen MR) is 69.1 cm³/mol. The van der Waals surface area contributed by atoms with E-state index in [-0.39, 0.29) is 0 Å². The Hall–Kier alpha value is -0.380. The maximum atomic E-state index is 5.88. The van der Waals surface area contributed by atoms with Crippen LogP contribution in [0.2, 0.25) is 0 Å². The van der Waals surface area contributed by atoms with Gasteiger partial charge in [-0.1, -0.05) is 40.9 Å². The molecule has 0 atom stereocenters. The Morgan fingerprint density at radius 2 is 2.06 bits per heavy atom. The van der Waals surface area contributed by atoms with Crippen LogP contribution in [0, 0.1) is 0 Å². The van der Waals surface area contributed by atoms with Gasteiger partial charge in [0, 0.05) is 11.0 Å². The molecular weight excluding hydrogens is 266 g/mol. The van der Waals surface area contributed by atoms with Gasteiger partial charge >= 0.3 is 0 Å². The van der Waals surface area contributed by atoms with Crippen LogP contribution in [-0.2, 0) is 17.9 Å². The number of benzene rings is 1. The van der Waals surface area contributed by atoms with Gasteiger partial charge < -0.3 is 10.5 Å². The van der Waals surface area contributed by atoms with Crippen LogP contribution >= 0.6 is 15.9 Å². The average Bonchev–Trinajstić information content (AvgIpc) is 2.80. The fourth-order valence-electron chi connectivity index (χ4n) is 2.10. The largest absolute Gasteiger partial charge is 0.374 e. The van der Waals surface area contributed by atoms with Crippen molar-refractivity contribution < 1.29 is 4.74 Å². The van der Waals surface area contributed by atoms with Gasteiger partial charge in [0.15, 0.2) is 0 Å². The lowest BCUT2D eigenvalue weighted by Crippen LogP contribution is -2.07. The molecule has 0 saturated heterocycles. The quantitative estimate of drug-likeness (QED) is 0.920. The van der Waals surface area contributed by atoms with Gasteiger partial charge in [0.2, 0.25) is 0 Å². The summed E-state index contributed by atoms with van der Waals surface area (Å²) in [5.74, 6) is 0. The van der Waals surface area contributed by atoms with E-state index >= 15 is 0 Å². The highest BCUT2D eigenvalue weighted by atomic mass is 79.9. The normalized spacial score (nSPS) is 16.9. The summed E-state index contributed by atoms with van der Waals surface area (Å²) in [6, 6.07) is 6.24. The lowest BCUT2D eigenvalue weighted by molar-refractivity contribution is 0.0454. The summed E-state index contributed by atoms with van der Waals surface area (Å²) in [5, 5.41) is 0. The van der Waals surface area contributed by atoms with Crippen molar-refractivity contribution in [1.82, 2.24) is 0 Å². The van der Waals surface area contributed by atoms with E-state index in [9.17, 15) is 0 Å². The second kappa shape index (κ2) is 5.80. The zero-order chi connectivity index (χ0) is 11.4. The first-order valence-corrected chi connectivity index (χ1v) is 6.68. The van der Waals surface area contributed by atoms with Gasteiger partial charge in [-0.25, -0.2) is 0 Å². The zero-order valence-corrected chi connectivity index (χ0v) is 11.0. The van der Waals surface area contributed by atoms with Gasteiger partial charge in [-0.05, 0) is 30.0 Å². The number of halogens is 1. The lowest BCUT2D eigenvalue weighted by atomic mass is 10.1. The Balaban J connectivity index is 1.93. The van der Waals surface area contributed by atoms with Crippen molar-refractivity contribution in [1.29, 1.82) is 0 Å². The minimum atomic E-state index is 0.473. The summed E-state index contributed by atoms with van der Waals surface area (Å²) in [4.78, 5) is 0. The summed E-state index contributed by atoms with van der Waals surface area (Å²) in [5.41, 5.74) is 7.95. The molecule has 0 heterocycles. The first kappa shape index (κ1) is 12.1. The molecule has 2 N–H and O–H groups in total. The van der Waals surface area contributed by atoms with Gasteiger partial charge in [0.25, 0.3) is 0 Å². The zero-order valence-electron chi connectivity index (χ0n) is 9.42. The third-order valence-electron chi connectivity index (χ3n) is 3.13. The molecule has 1 aliphatic rings. The standard InChI is InChI=1S/C13H18BrNO/c14-13-7-10(8-15)5-6-11(13)9-16-12-3-1-2-4-12/h5-7,12H,1-4,8-9,15H2. The van der Waals surface area contributed by atoms with Crippen molar-refractivity contribution in [2.75, 3.05) is 0 Å². The first-order valence-electron chi connectivity index (χ1n) is 5.88. The van der Waals surface area contributed by atoms with Gasteiger partial charge in [-0.3, -0.25) is 0 Å². The van der Waals surface area contributed by atoms with E-state index < -0.39 is 0 Å². The van der Waals surface area contributed by atoms with E-state index in [2.05, 4.69) is 34.1 Å². The van der Waals surface area contributed by atoms with E-state index in [1.54, 1.807) is 0 Å². The van der Waals surface area contributed by atoms with Crippen LogP contribution in [0.4, 0.5) is 0 Å². The monoisotopic (exact) mass is 283 g/mol. The van der Waals surface area contributed by atoms with Crippen LogP contribution in [0.5, 0.6) is 0 Å². The molecule has 2 rings (SSSR count). The van der Waals surface area contributed by atoms with Crippen molar-refractivity contribution in [2.45, 2.75) is 44.9 Å². The van der Waals surface area contributed by atoms with E-state index in [0.29, 0.717) is 19.3 Å². The first-order chi connectivity index (χ1) is 7.79. The third kappa shape index (κ3) is 3.06. The van der Waals surface area contributed by atoms with Gasteiger partial charge in [0.05, 0.1) is 12.7 Å². The summed E-state index contributed by atoms with van der Waals surface area (Å²) in [6.07, 6.45) is 5.55. The van der Waals surface area contributed by atoms with Crippen LogP contribution in [-0.4, -0.2) is 6.10 Å². The maximum Gasteiger partial charge on any atom is 0.0731 e. The molecule has 3 heteroatoms. The molecule has 88 valence electrons. The molecule has 0 radical (unpaired) electrons. The number of ether oxygens (including phenoxy) is 1. The molecular formula is C13H18BrNO. The van der Waals surface area contributed by atoms with Crippen molar-refractivity contribution in [3.63, 3.8) is 0 Å². The van der Waals surface area contributed by atoms with Crippen LogP contribution in [0.25, 0.3) is 0 Å². The average molecular weight is 284 g/mol. The van der Waals surface area contributed by atoms with Crippen molar-refractivity contribution in [3.05, 3.63) is 33.8 Å².